The summed E-state index contributed by atoms with van der Waals surface area (Å²) in [4.78, 5) is 15.2. The molecule has 4 heterocycles. The third-order valence-corrected chi connectivity index (χ3v) is 9.74. The summed E-state index contributed by atoms with van der Waals surface area (Å²) in [6.45, 7) is 5.41. The minimum Gasteiger partial charge on any atom is -0.379 e. The van der Waals surface area contributed by atoms with Crippen molar-refractivity contribution in [1.29, 1.82) is 0 Å². The van der Waals surface area contributed by atoms with Crippen LogP contribution >= 0.6 is 34.9 Å². The van der Waals surface area contributed by atoms with Crippen molar-refractivity contribution >= 4 is 50.9 Å². The van der Waals surface area contributed by atoms with Gasteiger partial charge in [-0.25, -0.2) is 9.97 Å². The van der Waals surface area contributed by atoms with Crippen LogP contribution in [-0.2, 0) is 24.1 Å². The molecule has 0 aromatic carbocycles. The fourth-order valence-electron chi connectivity index (χ4n) is 4.22. The smallest absolute Gasteiger partial charge is 0.146 e. The van der Waals surface area contributed by atoms with Crippen LogP contribution in [0.2, 0.25) is 0 Å². The number of nitrogens with one attached hydrogen (secondary N) is 1. The van der Waals surface area contributed by atoms with Gasteiger partial charge in [-0.3, -0.25) is 4.90 Å². The van der Waals surface area contributed by atoms with Gasteiger partial charge in [0.1, 0.15) is 16.5 Å². The van der Waals surface area contributed by atoms with E-state index in [0.717, 1.165) is 51.0 Å². The zero-order chi connectivity index (χ0) is 18.8. The van der Waals surface area contributed by atoms with Gasteiger partial charge >= 0.3 is 0 Å². The number of aromatic nitrogens is 2. The number of nitrogens with zero attached hydrogens (tertiary/aromatic N) is 3. The van der Waals surface area contributed by atoms with Gasteiger partial charge in [0, 0.05) is 47.0 Å². The molecule has 2 fully saturated rings. The van der Waals surface area contributed by atoms with E-state index in [4.69, 9.17) is 14.7 Å². The van der Waals surface area contributed by atoms with E-state index in [1.165, 1.54) is 58.7 Å². The topological polar surface area (TPSA) is 50.3 Å². The van der Waals surface area contributed by atoms with E-state index in [0.29, 0.717) is 5.25 Å². The van der Waals surface area contributed by atoms with Crippen molar-refractivity contribution in [1.82, 2.24) is 14.9 Å². The van der Waals surface area contributed by atoms with E-state index in [2.05, 4.69) is 33.7 Å². The van der Waals surface area contributed by atoms with Crippen LogP contribution in [-0.4, -0.2) is 70.2 Å². The highest BCUT2D eigenvalue weighted by Gasteiger charge is 2.23. The lowest BCUT2D eigenvalue weighted by Crippen LogP contribution is -2.36. The molecule has 0 spiro atoms. The first-order valence-electron chi connectivity index (χ1n) is 10.4. The Morgan fingerprint density at radius 2 is 2.00 bits per heavy atom. The highest BCUT2D eigenvalue weighted by atomic mass is 32.2. The van der Waals surface area contributed by atoms with Crippen molar-refractivity contribution in [3.05, 3.63) is 16.3 Å². The molecule has 0 unspecified atom stereocenters. The Hall–Kier alpha value is -0.540. The fourth-order valence-corrected chi connectivity index (χ4v) is 8.12. The number of morpholine rings is 1. The lowest BCUT2D eigenvalue weighted by molar-refractivity contribution is 0.0331. The summed E-state index contributed by atoms with van der Waals surface area (Å²) in [5, 5.41) is 5.75. The lowest BCUT2D eigenvalue weighted by Gasteiger charge is -2.26. The summed E-state index contributed by atoms with van der Waals surface area (Å²) < 4.78 is 5.50. The molecule has 5 nitrogen and oxygen atoms in total. The molecular weight excluding hydrogens is 408 g/mol. The SMILES string of the molecule is C1CCc2c(sc3nc(CN4CCOCC4)nc(NC[C@@H]4CSCCS4)c23)C1. The van der Waals surface area contributed by atoms with Crippen LogP contribution in [0.25, 0.3) is 10.2 Å². The Balaban J connectivity index is 1.43. The van der Waals surface area contributed by atoms with Crippen LogP contribution in [0.1, 0.15) is 29.1 Å². The summed E-state index contributed by atoms with van der Waals surface area (Å²) in [5.74, 6) is 5.85. The molecule has 2 aliphatic heterocycles. The van der Waals surface area contributed by atoms with Crippen molar-refractivity contribution in [3.8, 4) is 0 Å². The average molecular weight is 437 g/mol. The van der Waals surface area contributed by atoms with Gasteiger partial charge in [-0.1, -0.05) is 0 Å². The molecule has 0 bridgehead atoms. The minimum absolute atomic E-state index is 0.681. The van der Waals surface area contributed by atoms with E-state index in [9.17, 15) is 0 Å². The Morgan fingerprint density at radius 3 is 2.86 bits per heavy atom. The number of rotatable bonds is 5. The van der Waals surface area contributed by atoms with Crippen molar-refractivity contribution < 1.29 is 4.74 Å². The lowest BCUT2D eigenvalue weighted by atomic mass is 9.97. The largest absolute Gasteiger partial charge is 0.379 e. The molecule has 28 heavy (non-hydrogen) atoms. The predicted octanol–water partition coefficient (Wildman–Crippen LogP) is 3.66. The van der Waals surface area contributed by atoms with Crippen LogP contribution in [0.4, 0.5) is 5.82 Å². The van der Waals surface area contributed by atoms with Crippen LogP contribution in [0, 0.1) is 0 Å². The molecule has 5 rings (SSSR count). The minimum atomic E-state index is 0.681. The van der Waals surface area contributed by atoms with Crippen molar-refractivity contribution in [2.75, 3.05) is 55.4 Å². The zero-order valence-corrected chi connectivity index (χ0v) is 18.7. The molecule has 8 heteroatoms. The van der Waals surface area contributed by atoms with Gasteiger partial charge < -0.3 is 10.1 Å². The Morgan fingerprint density at radius 1 is 1.11 bits per heavy atom. The molecule has 2 aromatic rings. The van der Waals surface area contributed by atoms with E-state index >= 15 is 0 Å². The van der Waals surface area contributed by atoms with Gasteiger partial charge in [0.2, 0.25) is 0 Å². The second-order valence-electron chi connectivity index (χ2n) is 7.72. The van der Waals surface area contributed by atoms with E-state index in [1.54, 1.807) is 4.88 Å². The normalized spacial score (nSPS) is 23.6. The van der Waals surface area contributed by atoms with Crippen LogP contribution < -0.4 is 5.32 Å². The van der Waals surface area contributed by atoms with Crippen LogP contribution in [0.5, 0.6) is 0 Å². The van der Waals surface area contributed by atoms with Crippen molar-refractivity contribution in [3.63, 3.8) is 0 Å². The highest BCUT2D eigenvalue weighted by Crippen LogP contribution is 2.39. The maximum atomic E-state index is 5.50. The monoisotopic (exact) mass is 436 g/mol. The second-order valence-corrected chi connectivity index (χ2v) is 11.4. The third-order valence-electron chi connectivity index (χ3n) is 5.71. The Bertz CT molecular complexity index is 815. The van der Waals surface area contributed by atoms with E-state index in [1.807, 2.05) is 11.3 Å². The molecular formula is C20H28N4OS3. The van der Waals surface area contributed by atoms with Gasteiger partial charge in [-0.05, 0) is 31.2 Å². The first kappa shape index (κ1) is 19.4. The molecule has 0 amide bonds. The van der Waals surface area contributed by atoms with Crippen molar-refractivity contribution in [2.45, 2.75) is 37.5 Å². The highest BCUT2D eigenvalue weighted by molar-refractivity contribution is 8.06. The van der Waals surface area contributed by atoms with Crippen molar-refractivity contribution in [2.24, 2.45) is 0 Å². The fraction of sp³-hybridized carbons (Fsp3) is 0.700. The summed E-state index contributed by atoms with van der Waals surface area (Å²) in [6, 6.07) is 0. The first-order valence-corrected chi connectivity index (χ1v) is 13.4. The summed E-state index contributed by atoms with van der Waals surface area (Å²) >= 11 is 6.10. The molecule has 1 atom stereocenters. The molecule has 3 aliphatic rings. The van der Waals surface area contributed by atoms with Gasteiger partial charge in [0.05, 0.1) is 25.1 Å². The molecule has 1 N–H and O–H groups in total. The predicted molar refractivity (Wildman–Crippen MR) is 122 cm³/mol. The first-order chi connectivity index (χ1) is 13.9. The number of hydrogen-bond donors (Lipinski definition) is 1. The standard InChI is InChI=1S/C20H28N4OS3/c1-2-4-16-15(3-1)18-19(21-11-14-13-26-9-10-27-14)22-17(23-20(18)28-16)12-24-5-7-25-8-6-24/h14H,1-13H2,(H,21,22,23)/t14-/m1/s1. The molecule has 1 aliphatic carbocycles. The summed E-state index contributed by atoms with van der Waals surface area (Å²) in [5.41, 5.74) is 1.53. The van der Waals surface area contributed by atoms with Gasteiger partial charge in [-0.15, -0.1) is 11.3 Å². The van der Waals surface area contributed by atoms with Crippen LogP contribution in [0.3, 0.4) is 0 Å². The van der Waals surface area contributed by atoms with E-state index in [-0.39, 0.29) is 0 Å². The molecule has 152 valence electrons. The number of ether oxygens (including phenoxy) is 1. The molecule has 0 saturated carbocycles. The number of aryl methyl sites for hydroxylation is 2. The zero-order valence-electron chi connectivity index (χ0n) is 16.2. The average Bonchev–Trinajstić information content (AvgIpc) is 3.12. The quantitative estimate of drug-likeness (QED) is 0.767. The number of hydrogen-bond acceptors (Lipinski definition) is 8. The Kier molecular flexibility index (Phi) is 6.30. The molecule has 0 radical (unpaired) electrons. The number of thioether (sulfide) groups is 2. The van der Waals surface area contributed by atoms with Gasteiger partial charge in [0.15, 0.2) is 0 Å². The molecule has 2 aromatic heterocycles. The van der Waals surface area contributed by atoms with Crippen LogP contribution in [0.15, 0.2) is 0 Å². The summed E-state index contributed by atoms with van der Waals surface area (Å²) in [6.07, 6.45) is 5.00. The second kappa shape index (κ2) is 9.08. The maximum Gasteiger partial charge on any atom is 0.146 e. The number of fused-ring (bicyclic) bond motifs is 3. The Labute approximate surface area is 179 Å². The van der Waals surface area contributed by atoms with Gasteiger partial charge in [0.25, 0.3) is 0 Å². The number of thiophene rings is 1. The summed E-state index contributed by atoms with van der Waals surface area (Å²) in [7, 11) is 0. The number of anilines is 1. The van der Waals surface area contributed by atoms with E-state index < -0.39 is 0 Å². The van der Waals surface area contributed by atoms with Gasteiger partial charge in [-0.2, -0.15) is 23.5 Å². The molecule has 2 saturated heterocycles. The third kappa shape index (κ3) is 4.31. The maximum absolute atomic E-state index is 5.50.